The number of nitrogens with one attached hydrogen (secondary N) is 1. The molecule has 0 saturated heterocycles. The highest BCUT2D eigenvalue weighted by Gasteiger charge is 2.21. The number of nitrogens with zero attached hydrogens (tertiary/aromatic N) is 2. The van der Waals surface area contributed by atoms with Crippen LogP contribution in [0.5, 0.6) is 0 Å². The van der Waals surface area contributed by atoms with Crippen molar-refractivity contribution in [3.8, 4) is 22.5 Å². The minimum atomic E-state index is 0.941. The molecule has 0 spiro atoms. The lowest BCUT2D eigenvalue weighted by molar-refractivity contribution is -0.564. The predicted octanol–water partition coefficient (Wildman–Crippen LogP) is 4.64. The summed E-state index contributed by atoms with van der Waals surface area (Å²) in [5, 5.41) is 4.60. The van der Waals surface area contributed by atoms with E-state index in [1.165, 1.54) is 0 Å². The summed E-state index contributed by atoms with van der Waals surface area (Å²) in [5.74, 6) is 0. The van der Waals surface area contributed by atoms with Crippen LogP contribution in [0.1, 0.15) is 0 Å². The number of aromatic nitrogens is 3. The molecule has 0 amide bonds. The maximum absolute atomic E-state index is 4.95. The molecule has 118 valence electrons. The molecular formula is C22H16N3+. The number of H-pyrrole nitrogens is 1. The Hall–Kier alpha value is -3.46. The van der Waals surface area contributed by atoms with Gasteiger partial charge in [-0.1, -0.05) is 72.8 Å². The van der Waals surface area contributed by atoms with E-state index < -0.39 is 0 Å². The Bertz CT molecular complexity index is 1180. The highest BCUT2D eigenvalue weighted by atomic mass is 15.3. The van der Waals surface area contributed by atoms with E-state index in [-0.39, 0.29) is 0 Å². The summed E-state index contributed by atoms with van der Waals surface area (Å²) in [4.78, 5) is 4.95. The van der Waals surface area contributed by atoms with Gasteiger partial charge in [0.2, 0.25) is 0 Å². The Morgan fingerprint density at radius 3 is 2.08 bits per heavy atom. The van der Waals surface area contributed by atoms with Crippen molar-refractivity contribution in [3.05, 3.63) is 91.0 Å². The molecule has 0 atom stereocenters. The highest BCUT2D eigenvalue weighted by molar-refractivity contribution is 5.90. The van der Waals surface area contributed by atoms with E-state index in [1.54, 1.807) is 0 Å². The van der Waals surface area contributed by atoms with Gasteiger partial charge in [0, 0.05) is 17.2 Å². The monoisotopic (exact) mass is 322 g/mol. The topological polar surface area (TPSA) is 32.8 Å². The molecule has 0 radical (unpaired) electrons. The van der Waals surface area contributed by atoms with E-state index in [4.69, 9.17) is 4.98 Å². The van der Waals surface area contributed by atoms with Gasteiger partial charge in [-0.3, -0.25) is 0 Å². The summed E-state index contributed by atoms with van der Waals surface area (Å²) in [5.41, 5.74) is 6.37. The second-order valence-corrected chi connectivity index (χ2v) is 6.08. The molecule has 0 aliphatic carbocycles. The van der Waals surface area contributed by atoms with Crippen molar-refractivity contribution in [3.63, 3.8) is 0 Å². The molecule has 0 aliphatic heterocycles. The van der Waals surface area contributed by atoms with Gasteiger partial charge < -0.3 is 0 Å². The van der Waals surface area contributed by atoms with E-state index >= 15 is 0 Å². The van der Waals surface area contributed by atoms with Gasteiger partial charge in [-0.2, -0.15) is 0 Å². The number of benzene rings is 3. The van der Waals surface area contributed by atoms with Gasteiger partial charge >= 0.3 is 5.65 Å². The number of hydrogen-bond acceptors (Lipinski definition) is 1. The Labute approximate surface area is 145 Å². The summed E-state index contributed by atoms with van der Waals surface area (Å²) in [6.45, 7) is 0. The molecule has 3 nitrogen and oxygen atoms in total. The molecule has 1 N–H and O–H groups in total. The zero-order chi connectivity index (χ0) is 16.6. The molecule has 3 aromatic carbocycles. The maximum Gasteiger partial charge on any atom is 0.357 e. The van der Waals surface area contributed by atoms with Gasteiger partial charge in [-0.15, -0.1) is 4.52 Å². The lowest BCUT2D eigenvalue weighted by Crippen LogP contribution is -2.27. The summed E-state index contributed by atoms with van der Waals surface area (Å²) in [6.07, 6.45) is 0. The molecule has 0 saturated carbocycles. The first kappa shape index (κ1) is 13.9. The van der Waals surface area contributed by atoms with Crippen LogP contribution in [-0.2, 0) is 0 Å². The Balaban J connectivity index is 1.90. The molecule has 5 aromatic rings. The number of hydrogen-bond donors (Lipinski definition) is 1. The van der Waals surface area contributed by atoms with Crippen molar-refractivity contribution >= 4 is 16.6 Å². The second-order valence-electron chi connectivity index (χ2n) is 6.08. The number of para-hydroxylation sites is 1. The van der Waals surface area contributed by atoms with E-state index in [0.717, 1.165) is 39.1 Å². The van der Waals surface area contributed by atoms with Crippen LogP contribution in [0.15, 0.2) is 91.0 Å². The van der Waals surface area contributed by atoms with E-state index in [0.29, 0.717) is 0 Å². The minimum absolute atomic E-state index is 0.941. The fourth-order valence-corrected chi connectivity index (χ4v) is 3.27. The standard InChI is InChI=1S/C22H15N3/c1-3-9-16(10-4-1)20-15-21(17-11-5-2-6-12-17)25-22(23-20)18-13-7-8-14-19(18)24-25/h1-15H/p+1. The van der Waals surface area contributed by atoms with Crippen LogP contribution in [0, 0.1) is 0 Å². The molecular weight excluding hydrogens is 306 g/mol. The van der Waals surface area contributed by atoms with Crippen LogP contribution in [0.25, 0.3) is 39.1 Å². The number of aromatic amines is 1. The fraction of sp³-hybridized carbons (Fsp3) is 0. The smallest absolute Gasteiger partial charge is 0.222 e. The zero-order valence-electron chi connectivity index (χ0n) is 13.6. The summed E-state index contributed by atoms with van der Waals surface area (Å²) in [7, 11) is 0. The van der Waals surface area contributed by atoms with Crippen LogP contribution >= 0.6 is 0 Å². The van der Waals surface area contributed by atoms with Crippen molar-refractivity contribution in [2.24, 2.45) is 0 Å². The van der Waals surface area contributed by atoms with Crippen LogP contribution < -0.4 is 4.52 Å². The van der Waals surface area contributed by atoms with Crippen LogP contribution in [-0.4, -0.2) is 10.1 Å². The molecule has 2 aromatic heterocycles. The van der Waals surface area contributed by atoms with Crippen molar-refractivity contribution in [1.29, 1.82) is 0 Å². The Kier molecular flexibility index (Phi) is 3.10. The quantitative estimate of drug-likeness (QED) is 0.472. The number of fused-ring (bicyclic) bond motifs is 3. The van der Waals surface area contributed by atoms with Gasteiger partial charge in [0.05, 0.1) is 10.9 Å². The Morgan fingerprint density at radius 2 is 1.32 bits per heavy atom. The maximum atomic E-state index is 4.95. The molecule has 5 rings (SSSR count). The van der Waals surface area contributed by atoms with Gasteiger partial charge in [0.15, 0.2) is 11.4 Å². The van der Waals surface area contributed by atoms with Gasteiger partial charge in [0.25, 0.3) is 0 Å². The third kappa shape index (κ3) is 2.29. The van der Waals surface area contributed by atoms with Gasteiger partial charge in [-0.05, 0) is 17.1 Å². The molecule has 0 aliphatic rings. The summed E-state index contributed by atoms with van der Waals surface area (Å²) < 4.78 is 2.08. The predicted molar refractivity (Wildman–Crippen MR) is 100 cm³/mol. The van der Waals surface area contributed by atoms with Crippen LogP contribution in [0.3, 0.4) is 0 Å². The van der Waals surface area contributed by atoms with Crippen molar-refractivity contribution in [1.82, 2.24) is 10.1 Å². The molecule has 25 heavy (non-hydrogen) atoms. The third-order valence-electron chi connectivity index (χ3n) is 4.49. The third-order valence-corrected chi connectivity index (χ3v) is 4.49. The normalized spacial score (nSPS) is 11.2. The molecule has 0 unspecified atom stereocenters. The Morgan fingerprint density at radius 1 is 0.680 bits per heavy atom. The average Bonchev–Trinajstić information content (AvgIpc) is 3.07. The minimum Gasteiger partial charge on any atom is -0.222 e. The highest BCUT2D eigenvalue weighted by Crippen LogP contribution is 2.25. The molecule has 0 bridgehead atoms. The lowest BCUT2D eigenvalue weighted by Gasteiger charge is -2.02. The van der Waals surface area contributed by atoms with E-state index in [1.807, 2.05) is 30.3 Å². The van der Waals surface area contributed by atoms with E-state index in [2.05, 4.69) is 70.3 Å². The first-order chi connectivity index (χ1) is 12.4. The van der Waals surface area contributed by atoms with Crippen LogP contribution in [0.4, 0.5) is 0 Å². The summed E-state index contributed by atoms with van der Waals surface area (Å²) >= 11 is 0. The number of rotatable bonds is 2. The van der Waals surface area contributed by atoms with Gasteiger partial charge in [-0.25, -0.2) is 5.10 Å². The fourth-order valence-electron chi connectivity index (χ4n) is 3.27. The average molecular weight is 322 g/mol. The van der Waals surface area contributed by atoms with Gasteiger partial charge in [0.1, 0.15) is 0 Å². The van der Waals surface area contributed by atoms with E-state index in [9.17, 15) is 0 Å². The van der Waals surface area contributed by atoms with Crippen molar-refractivity contribution in [2.75, 3.05) is 0 Å². The first-order valence-corrected chi connectivity index (χ1v) is 8.34. The van der Waals surface area contributed by atoms with Crippen molar-refractivity contribution < 1.29 is 4.52 Å². The van der Waals surface area contributed by atoms with Crippen molar-refractivity contribution in [2.45, 2.75) is 0 Å². The summed E-state index contributed by atoms with van der Waals surface area (Å²) in [6, 6.07) is 31.2. The lowest BCUT2D eigenvalue weighted by atomic mass is 10.1. The largest absolute Gasteiger partial charge is 0.357 e. The molecule has 2 heterocycles. The van der Waals surface area contributed by atoms with Crippen LogP contribution in [0.2, 0.25) is 0 Å². The molecule has 0 fully saturated rings. The zero-order valence-corrected chi connectivity index (χ0v) is 13.6. The SMILES string of the molecule is c1ccc(-c2cc(-c3ccccc3)[n+]3[nH]c4ccccc4c3n2)cc1. The first-order valence-electron chi connectivity index (χ1n) is 8.34. The molecule has 3 heteroatoms. The second kappa shape index (κ2) is 5.56.